The van der Waals surface area contributed by atoms with Crippen LogP contribution < -0.4 is 0 Å². The maximum absolute atomic E-state index is 13.5. The Balaban J connectivity index is 2.20. The Hall–Kier alpha value is -1.82. The van der Waals surface area contributed by atoms with Crippen molar-refractivity contribution in [1.29, 1.82) is 0 Å². The molecule has 0 aliphatic carbocycles. The largest absolute Gasteiger partial charge is 0.338 e. The monoisotopic (exact) mass is 326 g/mol. The Kier molecular flexibility index (Phi) is 2.82. The first-order chi connectivity index (χ1) is 9.06. The van der Waals surface area contributed by atoms with Crippen LogP contribution in [0.5, 0.6) is 0 Å². The summed E-state index contributed by atoms with van der Waals surface area (Å²) in [6.45, 7) is 0. The van der Waals surface area contributed by atoms with E-state index in [9.17, 15) is 13.2 Å². The molecular weight excluding hydrogens is 321 g/mol. The number of rotatable bonds is 1. The molecule has 19 heavy (non-hydrogen) atoms. The second-order valence-corrected chi connectivity index (χ2v) is 4.83. The molecule has 0 fully saturated rings. The minimum atomic E-state index is -1.02. The zero-order valence-corrected chi connectivity index (χ0v) is 10.9. The van der Waals surface area contributed by atoms with E-state index in [1.807, 2.05) is 0 Å². The van der Waals surface area contributed by atoms with Crippen molar-refractivity contribution in [3.8, 4) is 11.4 Å². The summed E-state index contributed by atoms with van der Waals surface area (Å²) in [5.74, 6) is -2.15. The molecule has 0 saturated heterocycles. The summed E-state index contributed by atoms with van der Waals surface area (Å²) >= 11 is 3.04. The molecule has 1 aromatic heterocycles. The van der Waals surface area contributed by atoms with Crippen molar-refractivity contribution in [1.82, 2.24) is 9.97 Å². The number of nitrogens with zero attached hydrogens (tertiary/aromatic N) is 1. The highest BCUT2D eigenvalue weighted by Gasteiger charge is 2.13. The average molecular weight is 327 g/mol. The summed E-state index contributed by atoms with van der Waals surface area (Å²) in [4.78, 5) is 6.79. The summed E-state index contributed by atoms with van der Waals surface area (Å²) in [6, 6.07) is 6.81. The van der Waals surface area contributed by atoms with E-state index in [0.717, 1.165) is 6.07 Å². The highest BCUT2D eigenvalue weighted by molar-refractivity contribution is 9.10. The number of hydrogen-bond acceptors (Lipinski definition) is 1. The van der Waals surface area contributed by atoms with Gasteiger partial charge < -0.3 is 4.98 Å². The van der Waals surface area contributed by atoms with E-state index < -0.39 is 17.5 Å². The summed E-state index contributed by atoms with van der Waals surface area (Å²) < 4.78 is 40.4. The summed E-state index contributed by atoms with van der Waals surface area (Å²) in [7, 11) is 0. The van der Waals surface area contributed by atoms with Gasteiger partial charge >= 0.3 is 0 Å². The molecular formula is C13H6BrF3N2. The van der Waals surface area contributed by atoms with Gasteiger partial charge in [-0.15, -0.1) is 0 Å². The highest BCUT2D eigenvalue weighted by atomic mass is 79.9. The van der Waals surface area contributed by atoms with E-state index >= 15 is 0 Å². The Labute approximate surface area is 114 Å². The number of hydrogen-bond donors (Lipinski definition) is 1. The number of nitrogens with one attached hydrogen (secondary N) is 1. The predicted molar refractivity (Wildman–Crippen MR) is 69.1 cm³/mol. The topological polar surface area (TPSA) is 28.7 Å². The zero-order valence-electron chi connectivity index (χ0n) is 9.35. The molecule has 0 radical (unpaired) electrons. The number of imidazole rings is 1. The number of benzene rings is 2. The molecule has 0 saturated carbocycles. The van der Waals surface area contributed by atoms with Gasteiger partial charge in [0.2, 0.25) is 0 Å². The molecule has 1 N–H and O–H groups in total. The van der Waals surface area contributed by atoms with Crippen molar-refractivity contribution in [3.63, 3.8) is 0 Å². The van der Waals surface area contributed by atoms with Gasteiger partial charge in [0.1, 0.15) is 17.2 Å². The lowest BCUT2D eigenvalue weighted by Crippen LogP contribution is -1.85. The summed E-state index contributed by atoms with van der Waals surface area (Å²) in [5, 5.41) is 0. The SMILES string of the molecule is Fc1cc(-c2nc3c(F)c(F)ccc3[nH]2)ccc1Br. The highest BCUT2D eigenvalue weighted by Crippen LogP contribution is 2.26. The van der Waals surface area contributed by atoms with E-state index in [1.54, 1.807) is 6.07 Å². The third-order valence-corrected chi connectivity index (χ3v) is 3.38. The fourth-order valence-corrected chi connectivity index (χ4v) is 2.04. The molecule has 3 rings (SSSR count). The van der Waals surface area contributed by atoms with Crippen LogP contribution in [0.4, 0.5) is 13.2 Å². The molecule has 0 bridgehead atoms. The van der Waals surface area contributed by atoms with Crippen molar-refractivity contribution in [2.75, 3.05) is 0 Å². The molecule has 0 atom stereocenters. The zero-order chi connectivity index (χ0) is 13.6. The molecule has 0 spiro atoms. The number of aromatic nitrogens is 2. The first-order valence-electron chi connectivity index (χ1n) is 5.35. The van der Waals surface area contributed by atoms with Gasteiger partial charge in [-0.25, -0.2) is 18.2 Å². The van der Waals surface area contributed by atoms with Crippen LogP contribution in [-0.4, -0.2) is 9.97 Å². The van der Waals surface area contributed by atoms with Gasteiger partial charge in [-0.2, -0.15) is 0 Å². The maximum atomic E-state index is 13.5. The van der Waals surface area contributed by atoms with Gasteiger partial charge in [0, 0.05) is 5.56 Å². The third kappa shape index (κ3) is 2.02. The van der Waals surface area contributed by atoms with Gasteiger partial charge in [-0.1, -0.05) is 0 Å². The fraction of sp³-hybridized carbons (Fsp3) is 0. The number of fused-ring (bicyclic) bond motifs is 1. The predicted octanol–water partition coefficient (Wildman–Crippen LogP) is 4.41. The van der Waals surface area contributed by atoms with Crippen LogP contribution in [-0.2, 0) is 0 Å². The number of halogens is 4. The van der Waals surface area contributed by atoms with E-state index in [1.165, 1.54) is 18.2 Å². The van der Waals surface area contributed by atoms with Crippen molar-refractivity contribution in [3.05, 3.63) is 52.3 Å². The number of aromatic amines is 1. The first-order valence-corrected chi connectivity index (χ1v) is 6.14. The van der Waals surface area contributed by atoms with Crippen LogP contribution in [0.15, 0.2) is 34.8 Å². The van der Waals surface area contributed by atoms with Crippen LogP contribution in [0.25, 0.3) is 22.4 Å². The van der Waals surface area contributed by atoms with Crippen LogP contribution in [0, 0.1) is 17.5 Å². The van der Waals surface area contributed by atoms with Crippen molar-refractivity contribution < 1.29 is 13.2 Å². The Morgan fingerprint density at radius 1 is 1.00 bits per heavy atom. The van der Waals surface area contributed by atoms with Gasteiger partial charge in [0.25, 0.3) is 0 Å². The molecule has 2 nitrogen and oxygen atoms in total. The Morgan fingerprint density at radius 3 is 2.53 bits per heavy atom. The van der Waals surface area contributed by atoms with Crippen LogP contribution in [0.3, 0.4) is 0 Å². The van der Waals surface area contributed by atoms with Gasteiger partial charge in [-0.05, 0) is 46.3 Å². The minimum absolute atomic E-state index is 0.0988. The molecule has 6 heteroatoms. The molecule has 1 heterocycles. The first kappa shape index (κ1) is 12.2. The molecule has 0 unspecified atom stereocenters. The third-order valence-electron chi connectivity index (χ3n) is 2.74. The second kappa shape index (κ2) is 4.38. The van der Waals surface area contributed by atoms with Gasteiger partial charge in [0.15, 0.2) is 11.6 Å². The van der Waals surface area contributed by atoms with E-state index in [-0.39, 0.29) is 11.3 Å². The summed E-state index contributed by atoms with van der Waals surface area (Å²) in [5.41, 5.74) is 0.715. The van der Waals surface area contributed by atoms with Crippen LogP contribution >= 0.6 is 15.9 Å². The average Bonchev–Trinajstić information content (AvgIpc) is 2.82. The lowest BCUT2D eigenvalue weighted by molar-refractivity contribution is 0.515. The molecule has 96 valence electrons. The summed E-state index contributed by atoms with van der Waals surface area (Å²) in [6.07, 6.45) is 0. The standard InChI is InChI=1S/C13H6BrF3N2/c14-7-2-1-6(5-9(7)16)13-18-10-4-3-8(15)11(17)12(10)19-13/h1-5H,(H,18,19). The van der Waals surface area contributed by atoms with Crippen LogP contribution in [0.2, 0.25) is 0 Å². The quantitative estimate of drug-likeness (QED) is 0.705. The number of H-pyrrole nitrogens is 1. The minimum Gasteiger partial charge on any atom is -0.338 e. The maximum Gasteiger partial charge on any atom is 0.186 e. The van der Waals surface area contributed by atoms with E-state index in [2.05, 4.69) is 25.9 Å². The van der Waals surface area contributed by atoms with Crippen molar-refractivity contribution in [2.24, 2.45) is 0 Å². The molecule has 0 aliphatic rings. The van der Waals surface area contributed by atoms with Gasteiger partial charge in [0.05, 0.1) is 9.99 Å². The normalized spacial score (nSPS) is 11.2. The molecule has 0 aliphatic heterocycles. The van der Waals surface area contributed by atoms with E-state index in [4.69, 9.17) is 0 Å². The fourth-order valence-electron chi connectivity index (χ4n) is 1.80. The second-order valence-electron chi connectivity index (χ2n) is 3.97. The molecule has 2 aromatic carbocycles. The molecule has 0 amide bonds. The lowest BCUT2D eigenvalue weighted by Gasteiger charge is -1.98. The van der Waals surface area contributed by atoms with Gasteiger partial charge in [-0.3, -0.25) is 0 Å². The van der Waals surface area contributed by atoms with E-state index in [0.29, 0.717) is 15.6 Å². The van der Waals surface area contributed by atoms with Crippen molar-refractivity contribution >= 4 is 27.0 Å². The van der Waals surface area contributed by atoms with Crippen LogP contribution in [0.1, 0.15) is 0 Å². The molecule has 3 aromatic rings. The lowest BCUT2D eigenvalue weighted by atomic mass is 10.2. The smallest absolute Gasteiger partial charge is 0.186 e. The Bertz CT molecular complexity index is 783. The Morgan fingerprint density at radius 2 is 1.79 bits per heavy atom. The van der Waals surface area contributed by atoms with Crippen molar-refractivity contribution in [2.45, 2.75) is 0 Å².